The average Bonchev–Trinajstić information content (AvgIpc) is 2.88. The van der Waals surface area contributed by atoms with Crippen molar-refractivity contribution in [3.05, 3.63) is 87.7 Å². The van der Waals surface area contributed by atoms with Crippen molar-refractivity contribution in [2.75, 3.05) is 0 Å². The number of aromatic nitrogens is 2. The van der Waals surface area contributed by atoms with Crippen LogP contribution in [0.25, 0.3) is 0 Å². The maximum atomic E-state index is 13.8. The Morgan fingerprint density at radius 3 is 2.57 bits per heavy atom. The topological polar surface area (TPSA) is 17.8 Å². The summed E-state index contributed by atoms with van der Waals surface area (Å²) in [6.45, 7) is 0.411. The van der Waals surface area contributed by atoms with E-state index in [1.165, 1.54) is 24.3 Å². The van der Waals surface area contributed by atoms with Gasteiger partial charge in [-0.25, -0.2) is 18.2 Å². The van der Waals surface area contributed by atoms with E-state index < -0.39 is 11.6 Å². The van der Waals surface area contributed by atoms with Crippen LogP contribution in [0, 0.1) is 17.5 Å². The second-order valence-electron chi connectivity index (χ2n) is 5.16. The lowest BCUT2D eigenvalue weighted by Crippen LogP contribution is -2.06. The zero-order valence-electron chi connectivity index (χ0n) is 11.9. The van der Waals surface area contributed by atoms with Gasteiger partial charge in [-0.1, -0.05) is 22.0 Å². The SMILES string of the molecule is Fc1cc(Br)cc(Cn2ccnc2Cc2ccc(F)cc2F)c1. The van der Waals surface area contributed by atoms with Crippen molar-refractivity contribution in [2.24, 2.45) is 0 Å². The molecule has 0 saturated carbocycles. The van der Waals surface area contributed by atoms with E-state index in [-0.39, 0.29) is 12.2 Å². The minimum Gasteiger partial charge on any atom is -0.330 e. The summed E-state index contributed by atoms with van der Waals surface area (Å²) in [5.41, 5.74) is 1.12. The molecule has 1 aromatic heterocycles. The molecule has 2 nitrogen and oxygen atoms in total. The third-order valence-corrected chi connectivity index (χ3v) is 3.90. The van der Waals surface area contributed by atoms with Gasteiger partial charge < -0.3 is 4.57 Å². The number of halogens is 4. The van der Waals surface area contributed by atoms with Gasteiger partial charge in [0.25, 0.3) is 0 Å². The molecule has 0 aliphatic carbocycles. The Labute approximate surface area is 139 Å². The van der Waals surface area contributed by atoms with E-state index in [9.17, 15) is 13.2 Å². The zero-order valence-corrected chi connectivity index (χ0v) is 13.5. The highest BCUT2D eigenvalue weighted by Crippen LogP contribution is 2.18. The molecule has 0 N–H and O–H groups in total. The van der Waals surface area contributed by atoms with E-state index in [0.717, 1.165) is 11.6 Å². The fraction of sp³-hybridized carbons (Fsp3) is 0.118. The van der Waals surface area contributed by atoms with Crippen molar-refractivity contribution in [3.8, 4) is 0 Å². The first-order valence-corrected chi connectivity index (χ1v) is 7.69. The van der Waals surface area contributed by atoms with Gasteiger partial charge in [0.05, 0.1) is 0 Å². The molecule has 1 heterocycles. The molecule has 3 aromatic rings. The van der Waals surface area contributed by atoms with Crippen LogP contribution in [-0.4, -0.2) is 9.55 Å². The summed E-state index contributed by atoms with van der Waals surface area (Å²) < 4.78 is 42.7. The minimum absolute atomic E-state index is 0.232. The smallest absolute Gasteiger partial charge is 0.129 e. The van der Waals surface area contributed by atoms with Gasteiger partial charge in [-0.15, -0.1) is 0 Å². The van der Waals surface area contributed by atoms with E-state index >= 15 is 0 Å². The van der Waals surface area contributed by atoms with Crippen LogP contribution in [-0.2, 0) is 13.0 Å². The molecule has 0 radical (unpaired) electrons. The van der Waals surface area contributed by atoms with Gasteiger partial charge in [-0.3, -0.25) is 0 Å². The number of rotatable bonds is 4. The summed E-state index contributed by atoms with van der Waals surface area (Å²) in [5, 5.41) is 0. The summed E-state index contributed by atoms with van der Waals surface area (Å²) in [4.78, 5) is 4.21. The van der Waals surface area contributed by atoms with Gasteiger partial charge in [0.1, 0.15) is 23.3 Å². The molecule has 0 amide bonds. The van der Waals surface area contributed by atoms with Crippen LogP contribution in [0.4, 0.5) is 13.2 Å². The van der Waals surface area contributed by atoms with Crippen molar-refractivity contribution >= 4 is 15.9 Å². The maximum Gasteiger partial charge on any atom is 0.129 e. The van der Waals surface area contributed by atoms with Crippen LogP contribution in [0.5, 0.6) is 0 Å². The largest absolute Gasteiger partial charge is 0.330 e. The zero-order chi connectivity index (χ0) is 16.4. The minimum atomic E-state index is -0.612. The molecule has 0 aliphatic heterocycles. The van der Waals surface area contributed by atoms with Crippen LogP contribution in [0.1, 0.15) is 17.0 Å². The Morgan fingerprint density at radius 2 is 1.83 bits per heavy atom. The average molecular weight is 381 g/mol. The normalized spacial score (nSPS) is 11.0. The second kappa shape index (κ2) is 6.58. The van der Waals surface area contributed by atoms with Crippen molar-refractivity contribution in [2.45, 2.75) is 13.0 Å². The lowest BCUT2D eigenvalue weighted by Gasteiger charge is -2.09. The first-order valence-electron chi connectivity index (χ1n) is 6.90. The van der Waals surface area contributed by atoms with E-state index in [0.29, 0.717) is 22.4 Å². The lowest BCUT2D eigenvalue weighted by molar-refractivity contribution is 0.572. The van der Waals surface area contributed by atoms with Crippen LogP contribution in [0.2, 0.25) is 0 Å². The molecule has 0 aliphatic rings. The Bertz CT molecular complexity index is 825. The summed E-state index contributed by atoms with van der Waals surface area (Å²) >= 11 is 3.26. The molecule has 0 bridgehead atoms. The van der Waals surface area contributed by atoms with Crippen LogP contribution in [0.3, 0.4) is 0 Å². The summed E-state index contributed by atoms with van der Waals surface area (Å²) in [6.07, 6.45) is 3.58. The van der Waals surface area contributed by atoms with Gasteiger partial charge in [-0.2, -0.15) is 0 Å². The van der Waals surface area contributed by atoms with Crippen LogP contribution < -0.4 is 0 Å². The molecular weight excluding hydrogens is 369 g/mol. The third kappa shape index (κ3) is 3.82. The molecule has 23 heavy (non-hydrogen) atoms. The van der Waals surface area contributed by atoms with E-state index in [2.05, 4.69) is 20.9 Å². The maximum absolute atomic E-state index is 13.8. The third-order valence-electron chi connectivity index (χ3n) is 3.44. The van der Waals surface area contributed by atoms with Gasteiger partial charge in [-0.05, 0) is 35.4 Å². The van der Waals surface area contributed by atoms with Gasteiger partial charge in [0, 0.05) is 35.9 Å². The molecule has 6 heteroatoms. The predicted molar refractivity (Wildman–Crippen MR) is 84.6 cm³/mol. The molecule has 0 atom stereocenters. The highest BCUT2D eigenvalue weighted by atomic mass is 79.9. The van der Waals surface area contributed by atoms with E-state index in [4.69, 9.17) is 0 Å². The highest BCUT2D eigenvalue weighted by Gasteiger charge is 2.10. The second-order valence-corrected chi connectivity index (χ2v) is 6.08. The predicted octanol–water partition coefficient (Wildman–Crippen LogP) is 4.70. The molecule has 0 fully saturated rings. The monoisotopic (exact) mass is 380 g/mol. The molecule has 3 rings (SSSR count). The van der Waals surface area contributed by atoms with Gasteiger partial charge in [0.15, 0.2) is 0 Å². The Hall–Kier alpha value is -2.08. The first kappa shape index (κ1) is 15.8. The molecular formula is C17H12BrF3N2. The van der Waals surface area contributed by atoms with Crippen molar-refractivity contribution in [1.29, 1.82) is 0 Å². The van der Waals surface area contributed by atoms with E-state index in [1.54, 1.807) is 12.4 Å². The number of hydrogen-bond donors (Lipinski definition) is 0. The lowest BCUT2D eigenvalue weighted by atomic mass is 10.1. The quantitative estimate of drug-likeness (QED) is 0.641. The Morgan fingerprint density at radius 1 is 1.00 bits per heavy atom. The molecule has 118 valence electrons. The molecule has 0 saturated heterocycles. The number of imidazole rings is 1. The van der Waals surface area contributed by atoms with E-state index in [1.807, 2.05) is 10.6 Å². The fourth-order valence-electron chi connectivity index (χ4n) is 2.39. The molecule has 0 unspecified atom stereocenters. The fourth-order valence-corrected chi connectivity index (χ4v) is 2.90. The molecule has 2 aromatic carbocycles. The van der Waals surface area contributed by atoms with Crippen molar-refractivity contribution in [1.82, 2.24) is 9.55 Å². The Kier molecular flexibility index (Phi) is 4.52. The van der Waals surface area contributed by atoms with Crippen LogP contribution >= 0.6 is 15.9 Å². The summed E-state index contributed by atoms with van der Waals surface area (Å²) in [7, 11) is 0. The number of hydrogen-bond acceptors (Lipinski definition) is 1. The summed E-state index contributed by atoms with van der Waals surface area (Å²) in [6, 6.07) is 8.11. The van der Waals surface area contributed by atoms with Gasteiger partial charge in [0.2, 0.25) is 0 Å². The molecule has 0 spiro atoms. The van der Waals surface area contributed by atoms with Crippen LogP contribution in [0.15, 0.2) is 53.3 Å². The Balaban J connectivity index is 1.84. The standard InChI is InChI=1S/C17H12BrF3N2/c18-13-5-11(6-15(20)8-13)10-23-4-3-22-17(23)7-12-1-2-14(19)9-16(12)21/h1-6,8-9H,7,10H2. The van der Waals surface area contributed by atoms with Crippen molar-refractivity contribution in [3.63, 3.8) is 0 Å². The summed E-state index contributed by atoms with van der Waals surface area (Å²) in [5.74, 6) is -0.927. The highest BCUT2D eigenvalue weighted by molar-refractivity contribution is 9.10. The number of benzene rings is 2. The first-order chi connectivity index (χ1) is 11.0. The number of nitrogens with zero attached hydrogens (tertiary/aromatic N) is 2. The van der Waals surface area contributed by atoms with Crippen molar-refractivity contribution < 1.29 is 13.2 Å². The van der Waals surface area contributed by atoms with Gasteiger partial charge >= 0.3 is 0 Å².